The maximum Gasteiger partial charge on any atom is 0.259 e. The van der Waals surface area contributed by atoms with E-state index in [9.17, 15) is 14.0 Å². The van der Waals surface area contributed by atoms with Crippen molar-refractivity contribution in [2.45, 2.75) is 67.3 Å². The van der Waals surface area contributed by atoms with Crippen molar-refractivity contribution in [1.82, 2.24) is 5.32 Å². The number of nitrogens with zero attached hydrogens (tertiary/aromatic N) is 1. The van der Waals surface area contributed by atoms with Crippen LogP contribution in [-0.4, -0.2) is 17.9 Å². The molecule has 0 unspecified atom stereocenters. The van der Waals surface area contributed by atoms with Gasteiger partial charge in [-0.05, 0) is 60.9 Å². The molecule has 1 aliphatic carbocycles. The fourth-order valence-electron chi connectivity index (χ4n) is 4.91. The monoisotopic (exact) mass is 522 g/mol. The Labute approximate surface area is 220 Å². The number of nitrogens with one attached hydrogen (secondary N) is 1. The van der Waals surface area contributed by atoms with Crippen molar-refractivity contribution in [3.63, 3.8) is 0 Å². The highest BCUT2D eigenvalue weighted by Crippen LogP contribution is 2.42. The van der Waals surface area contributed by atoms with Gasteiger partial charge < -0.3 is 10.2 Å². The summed E-state index contributed by atoms with van der Waals surface area (Å²) >= 11 is 7.83. The lowest BCUT2D eigenvalue weighted by Gasteiger charge is -2.25. The minimum atomic E-state index is -0.430. The molecule has 3 aromatic carbocycles. The van der Waals surface area contributed by atoms with Gasteiger partial charge in [0, 0.05) is 26.4 Å². The highest BCUT2D eigenvalue weighted by Gasteiger charge is 2.29. The molecule has 2 aliphatic rings. The first kappa shape index (κ1) is 24.8. The van der Waals surface area contributed by atoms with E-state index < -0.39 is 5.82 Å². The van der Waals surface area contributed by atoms with Gasteiger partial charge in [-0.2, -0.15) is 0 Å². The van der Waals surface area contributed by atoms with Crippen molar-refractivity contribution >= 4 is 40.9 Å². The molecule has 3 aromatic rings. The maximum atomic E-state index is 13.7. The average Bonchev–Trinajstić information content (AvgIpc) is 2.96. The Kier molecular flexibility index (Phi) is 7.63. The smallest absolute Gasteiger partial charge is 0.259 e. The summed E-state index contributed by atoms with van der Waals surface area (Å²) < 4.78 is 13.7. The van der Waals surface area contributed by atoms with E-state index in [2.05, 4.69) is 5.32 Å². The predicted molar refractivity (Wildman–Crippen MR) is 143 cm³/mol. The second kappa shape index (κ2) is 11.1. The van der Waals surface area contributed by atoms with Gasteiger partial charge in [0.05, 0.1) is 17.8 Å². The van der Waals surface area contributed by atoms with Crippen molar-refractivity contribution in [2.24, 2.45) is 0 Å². The van der Waals surface area contributed by atoms with Crippen LogP contribution in [0.2, 0.25) is 5.02 Å². The zero-order valence-electron chi connectivity index (χ0n) is 19.9. The Morgan fingerprint density at radius 3 is 2.50 bits per heavy atom. The summed E-state index contributed by atoms with van der Waals surface area (Å²) in [5, 5.41) is 3.48. The molecular formula is C29H28ClFN2O2S. The third kappa shape index (κ3) is 5.45. The molecule has 2 amide bonds. The van der Waals surface area contributed by atoms with E-state index in [-0.39, 0.29) is 29.4 Å². The zero-order chi connectivity index (χ0) is 25.1. The number of amides is 2. The van der Waals surface area contributed by atoms with Gasteiger partial charge in [0.25, 0.3) is 11.8 Å². The molecule has 1 fully saturated rings. The SMILES string of the molecule is O=C(NC1CCCCCCC1)c1ccc2c(c1)N(Cc1ccc(F)cc1Cl)C(=O)c1ccccc1S2. The van der Waals surface area contributed by atoms with Crippen LogP contribution in [0.3, 0.4) is 0 Å². The number of hydrogen-bond donors (Lipinski definition) is 1. The molecular weight excluding hydrogens is 495 g/mol. The van der Waals surface area contributed by atoms with Crippen molar-refractivity contribution < 1.29 is 14.0 Å². The Hall–Kier alpha value is -2.83. The van der Waals surface area contributed by atoms with Crippen molar-refractivity contribution in [2.75, 3.05) is 4.90 Å². The Balaban J connectivity index is 1.49. The van der Waals surface area contributed by atoms with Gasteiger partial charge in [-0.15, -0.1) is 0 Å². The largest absolute Gasteiger partial charge is 0.349 e. The molecule has 5 rings (SSSR count). The highest BCUT2D eigenvalue weighted by molar-refractivity contribution is 7.99. The van der Waals surface area contributed by atoms with Crippen LogP contribution >= 0.6 is 23.4 Å². The second-order valence-electron chi connectivity index (χ2n) is 9.42. The van der Waals surface area contributed by atoms with Crippen LogP contribution in [0.15, 0.2) is 70.5 Å². The lowest BCUT2D eigenvalue weighted by Crippen LogP contribution is -2.35. The van der Waals surface area contributed by atoms with Crippen LogP contribution in [0.25, 0.3) is 0 Å². The fourth-order valence-corrected chi connectivity index (χ4v) is 6.19. The number of benzene rings is 3. The van der Waals surface area contributed by atoms with Crippen LogP contribution in [0.1, 0.15) is 71.2 Å². The Morgan fingerprint density at radius 1 is 0.972 bits per heavy atom. The average molecular weight is 523 g/mol. The summed E-state index contributed by atoms with van der Waals surface area (Å²) in [7, 11) is 0. The van der Waals surface area contributed by atoms with E-state index >= 15 is 0 Å². The molecule has 0 spiro atoms. The summed E-state index contributed by atoms with van der Waals surface area (Å²) in [6, 6.07) is 17.4. The molecule has 4 nitrogen and oxygen atoms in total. The van der Waals surface area contributed by atoms with Gasteiger partial charge in [-0.1, -0.05) is 73.7 Å². The van der Waals surface area contributed by atoms with Crippen LogP contribution in [0.4, 0.5) is 10.1 Å². The normalized spacial score (nSPS) is 16.4. The number of carbonyl (C=O) groups is 2. The van der Waals surface area contributed by atoms with Crippen molar-refractivity contribution in [3.05, 3.63) is 88.2 Å². The quantitative estimate of drug-likeness (QED) is 0.383. The van der Waals surface area contributed by atoms with E-state index in [0.29, 0.717) is 22.4 Å². The summed E-state index contributed by atoms with van der Waals surface area (Å²) in [5.41, 5.74) is 2.38. The predicted octanol–water partition coefficient (Wildman–Crippen LogP) is 7.63. The molecule has 1 heterocycles. The van der Waals surface area contributed by atoms with Crippen molar-refractivity contribution in [1.29, 1.82) is 0 Å². The van der Waals surface area contributed by atoms with Gasteiger partial charge in [0.15, 0.2) is 0 Å². The van der Waals surface area contributed by atoms with Crippen LogP contribution in [-0.2, 0) is 6.54 Å². The van der Waals surface area contributed by atoms with Crippen LogP contribution < -0.4 is 10.2 Å². The molecule has 1 aliphatic heterocycles. The molecule has 7 heteroatoms. The van der Waals surface area contributed by atoms with Gasteiger partial charge >= 0.3 is 0 Å². The first-order chi connectivity index (χ1) is 17.5. The Morgan fingerprint density at radius 2 is 1.72 bits per heavy atom. The summed E-state index contributed by atoms with van der Waals surface area (Å²) in [6.45, 7) is 0.160. The third-order valence-electron chi connectivity index (χ3n) is 6.88. The second-order valence-corrected chi connectivity index (χ2v) is 10.9. The Bertz CT molecular complexity index is 1290. The van der Waals surface area contributed by atoms with E-state index in [4.69, 9.17) is 11.6 Å². The molecule has 0 bridgehead atoms. The summed E-state index contributed by atoms with van der Waals surface area (Å²) in [4.78, 5) is 30.4. The number of carbonyl (C=O) groups excluding carboxylic acids is 2. The van der Waals surface area contributed by atoms with Gasteiger partial charge in [0.2, 0.25) is 0 Å². The van der Waals surface area contributed by atoms with Gasteiger partial charge in [-0.3, -0.25) is 9.59 Å². The van der Waals surface area contributed by atoms with Crippen LogP contribution in [0, 0.1) is 5.82 Å². The zero-order valence-corrected chi connectivity index (χ0v) is 21.5. The fraction of sp³-hybridized carbons (Fsp3) is 0.310. The van der Waals surface area contributed by atoms with Gasteiger partial charge in [-0.25, -0.2) is 4.39 Å². The number of fused-ring (bicyclic) bond motifs is 2. The molecule has 1 saturated carbocycles. The summed E-state index contributed by atoms with van der Waals surface area (Å²) in [6.07, 6.45) is 7.95. The van der Waals surface area contributed by atoms with Gasteiger partial charge in [0.1, 0.15) is 5.82 Å². The van der Waals surface area contributed by atoms with Crippen molar-refractivity contribution in [3.8, 4) is 0 Å². The number of rotatable bonds is 4. The first-order valence-electron chi connectivity index (χ1n) is 12.5. The van der Waals surface area contributed by atoms with Crippen LogP contribution in [0.5, 0.6) is 0 Å². The standard InChI is InChI=1S/C29H28ClFN2O2S/c30-24-17-21(31)14-12-20(24)18-33-25-16-19(28(34)32-22-8-4-2-1-3-5-9-22)13-15-27(25)36-26-11-7-6-10-23(26)29(33)35/h6-7,10-17,22H,1-5,8-9,18H2,(H,32,34). The van der Waals surface area contributed by atoms with E-state index in [1.165, 1.54) is 43.2 Å². The summed E-state index contributed by atoms with van der Waals surface area (Å²) in [5.74, 6) is -0.738. The molecule has 36 heavy (non-hydrogen) atoms. The molecule has 0 saturated heterocycles. The molecule has 186 valence electrons. The lowest BCUT2D eigenvalue weighted by atomic mass is 9.96. The highest BCUT2D eigenvalue weighted by atomic mass is 35.5. The topological polar surface area (TPSA) is 49.4 Å². The minimum absolute atomic E-state index is 0.123. The molecule has 1 N–H and O–H groups in total. The minimum Gasteiger partial charge on any atom is -0.349 e. The maximum absolute atomic E-state index is 13.7. The molecule has 0 atom stereocenters. The third-order valence-corrected chi connectivity index (χ3v) is 8.37. The van der Waals surface area contributed by atoms with E-state index in [0.717, 1.165) is 35.5 Å². The molecule has 0 aromatic heterocycles. The first-order valence-corrected chi connectivity index (χ1v) is 13.7. The number of halogens is 2. The van der Waals surface area contributed by atoms with E-state index in [1.807, 2.05) is 30.3 Å². The number of anilines is 1. The van der Waals surface area contributed by atoms with E-state index in [1.54, 1.807) is 23.1 Å². The lowest BCUT2D eigenvalue weighted by molar-refractivity contribution is 0.0928. The molecule has 0 radical (unpaired) electrons. The number of hydrogen-bond acceptors (Lipinski definition) is 3.